The lowest BCUT2D eigenvalue weighted by Gasteiger charge is -2.43. The molecule has 0 spiro atoms. The molecule has 0 aromatic heterocycles. The van der Waals surface area contributed by atoms with Crippen LogP contribution in [-0.4, -0.2) is 40.6 Å². The molecule has 2 bridgehead atoms. The molecule has 10 unspecified atom stereocenters. The van der Waals surface area contributed by atoms with Gasteiger partial charge in [-0.3, -0.25) is 0 Å². The highest BCUT2D eigenvalue weighted by Gasteiger charge is 2.55. The smallest absolute Gasteiger partial charge is 0.0844 e. The Morgan fingerprint density at radius 1 is 0.548 bits per heavy atom. The summed E-state index contributed by atoms with van der Waals surface area (Å²) < 4.78 is 11.6. The van der Waals surface area contributed by atoms with Crippen LogP contribution in [-0.2, 0) is 9.47 Å². The van der Waals surface area contributed by atoms with Crippen LogP contribution in [0.5, 0.6) is 0 Å². The van der Waals surface area contributed by atoms with Gasteiger partial charge in [0, 0.05) is 0 Å². The number of hydrogen-bond donors (Lipinski definition) is 0. The Morgan fingerprint density at radius 2 is 1.00 bits per heavy atom. The van der Waals surface area contributed by atoms with Gasteiger partial charge in [0.1, 0.15) is 0 Å². The summed E-state index contributed by atoms with van der Waals surface area (Å²) in [7, 11) is -2.19. The second kappa shape index (κ2) is 7.95. The van der Waals surface area contributed by atoms with Crippen LogP contribution >= 0.6 is 0 Å². The van der Waals surface area contributed by atoms with Gasteiger partial charge in [0.2, 0.25) is 0 Å². The fourth-order valence-electron chi connectivity index (χ4n) is 9.21. The van der Waals surface area contributed by atoms with Gasteiger partial charge in [-0.05, 0) is 92.5 Å². The minimum atomic E-state index is -1.09. The molecule has 4 aliphatic carbocycles. The minimum absolute atomic E-state index is 0.672. The van der Waals surface area contributed by atoms with Crippen LogP contribution in [0, 0.1) is 23.7 Å². The quantitative estimate of drug-likeness (QED) is 0.277. The van der Waals surface area contributed by atoms with Crippen LogP contribution < -0.4 is 0 Å². The summed E-state index contributed by atoms with van der Waals surface area (Å²) in [6, 6.07) is 3.20. The molecule has 0 amide bonds. The largest absolute Gasteiger partial charge is 0.370 e. The number of epoxide rings is 2. The molecule has 176 valence electrons. The van der Waals surface area contributed by atoms with E-state index in [-0.39, 0.29) is 0 Å². The third-order valence-electron chi connectivity index (χ3n) is 11.5. The molecule has 0 aromatic carbocycles. The molecule has 2 heterocycles. The molecule has 2 nitrogen and oxygen atoms in total. The van der Waals surface area contributed by atoms with E-state index in [1.165, 1.54) is 51.4 Å². The molecule has 0 N–H and O–H groups in total. The third-order valence-corrected chi connectivity index (χ3v) is 20.1. The molecule has 31 heavy (non-hydrogen) atoms. The number of ether oxygens (including phenoxy) is 2. The predicted molar refractivity (Wildman–Crippen MR) is 134 cm³/mol. The zero-order chi connectivity index (χ0) is 21.4. The van der Waals surface area contributed by atoms with Crippen molar-refractivity contribution in [3.63, 3.8) is 0 Å². The normalized spacial score (nSPS) is 48.4. The van der Waals surface area contributed by atoms with E-state index in [9.17, 15) is 0 Å². The second-order valence-corrected chi connectivity index (χ2v) is 24.7. The molecule has 0 aromatic rings. The van der Waals surface area contributed by atoms with Gasteiger partial charge in [-0.15, -0.1) is 0 Å². The van der Waals surface area contributed by atoms with Crippen molar-refractivity contribution >= 4 is 16.1 Å². The standard InChI is InChI=1S/C27H48O2Si2/c1-30(2,11-9-18-5-7-22-24(13-18)28-22)26-16-21-15-20(26)17-27(21)31(3,4)12-10-19-6-8-23-25(14-19)29-23/h18-27H,5-17H2,1-4H3. The molecule has 4 heteroatoms. The fourth-order valence-corrected chi connectivity index (χ4v) is 17.2. The van der Waals surface area contributed by atoms with Gasteiger partial charge in [0.25, 0.3) is 0 Å². The van der Waals surface area contributed by atoms with Gasteiger partial charge in [-0.25, -0.2) is 0 Å². The van der Waals surface area contributed by atoms with Crippen molar-refractivity contribution in [2.45, 2.75) is 144 Å². The topological polar surface area (TPSA) is 25.1 Å². The Kier molecular flexibility index (Phi) is 5.61. The maximum absolute atomic E-state index is 5.80. The van der Waals surface area contributed by atoms with E-state index < -0.39 is 16.1 Å². The van der Waals surface area contributed by atoms with E-state index >= 15 is 0 Å². The number of hydrogen-bond acceptors (Lipinski definition) is 2. The maximum atomic E-state index is 5.80. The van der Waals surface area contributed by atoms with Crippen molar-refractivity contribution in [1.82, 2.24) is 0 Å². The fraction of sp³-hybridized carbons (Fsp3) is 1.00. The SMILES string of the molecule is C[Si](C)(CCC1CCC2OC2C1)C1CC2CC1CC2[Si](C)(C)CCC1CCC2OC2C1. The van der Waals surface area contributed by atoms with E-state index in [0.29, 0.717) is 24.4 Å². The first-order chi connectivity index (χ1) is 14.8. The highest BCUT2D eigenvalue weighted by Crippen LogP contribution is 2.64. The van der Waals surface area contributed by atoms with Crippen LogP contribution in [0.25, 0.3) is 0 Å². The third kappa shape index (κ3) is 4.41. The van der Waals surface area contributed by atoms with E-state index in [4.69, 9.17) is 9.47 Å². The summed E-state index contributed by atoms with van der Waals surface area (Å²) in [5.41, 5.74) is 2.30. The molecular formula is C27H48O2Si2. The van der Waals surface area contributed by atoms with Gasteiger partial charge in [-0.1, -0.05) is 51.1 Å². The average molecular weight is 461 g/mol. The Labute approximate surface area is 193 Å². The minimum Gasteiger partial charge on any atom is -0.370 e. The summed E-state index contributed by atoms with van der Waals surface area (Å²) in [6.07, 6.45) is 19.0. The molecule has 6 fully saturated rings. The Bertz CT molecular complexity index is 622. The van der Waals surface area contributed by atoms with Gasteiger partial charge in [0.15, 0.2) is 0 Å². The lowest BCUT2D eigenvalue weighted by Crippen LogP contribution is -2.41. The summed E-state index contributed by atoms with van der Waals surface area (Å²) >= 11 is 0. The molecule has 10 atom stereocenters. The molecule has 2 saturated heterocycles. The molecule has 0 radical (unpaired) electrons. The average Bonchev–Trinajstić information content (AvgIpc) is 3.62. The summed E-state index contributed by atoms with van der Waals surface area (Å²) in [4.78, 5) is 0. The van der Waals surface area contributed by atoms with Crippen LogP contribution in [0.1, 0.15) is 70.6 Å². The van der Waals surface area contributed by atoms with Gasteiger partial charge >= 0.3 is 0 Å². The van der Waals surface area contributed by atoms with Crippen molar-refractivity contribution in [2.75, 3.05) is 0 Å². The first kappa shape index (κ1) is 21.9. The summed E-state index contributed by atoms with van der Waals surface area (Å²) in [5.74, 6) is 4.20. The first-order valence-corrected chi connectivity index (χ1v) is 20.7. The van der Waals surface area contributed by atoms with Gasteiger partial charge < -0.3 is 9.47 Å². The van der Waals surface area contributed by atoms with Crippen molar-refractivity contribution < 1.29 is 9.47 Å². The molecule has 2 aliphatic heterocycles. The van der Waals surface area contributed by atoms with Crippen LogP contribution in [0.15, 0.2) is 0 Å². The lowest BCUT2D eigenvalue weighted by molar-refractivity contribution is 0.355. The van der Waals surface area contributed by atoms with Crippen molar-refractivity contribution in [2.24, 2.45) is 23.7 Å². The maximum Gasteiger partial charge on any atom is 0.0844 e. The van der Waals surface area contributed by atoms with Crippen LogP contribution in [0.2, 0.25) is 49.4 Å². The molecular weight excluding hydrogens is 412 g/mol. The van der Waals surface area contributed by atoms with Crippen molar-refractivity contribution in [1.29, 1.82) is 0 Å². The zero-order valence-corrected chi connectivity index (χ0v) is 22.8. The van der Waals surface area contributed by atoms with E-state index in [2.05, 4.69) is 26.2 Å². The van der Waals surface area contributed by atoms with E-state index in [0.717, 1.165) is 34.8 Å². The van der Waals surface area contributed by atoms with Crippen molar-refractivity contribution in [3.8, 4) is 0 Å². The Balaban J connectivity index is 0.991. The van der Waals surface area contributed by atoms with E-state index in [1.54, 1.807) is 31.4 Å². The molecule has 6 rings (SSSR count). The Morgan fingerprint density at radius 3 is 1.39 bits per heavy atom. The van der Waals surface area contributed by atoms with Crippen LogP contribution in [0.3, 0.4) is 0 Å². The number of rotatable bonds is 8. The first-order valence-electron chi connectivity index (χ1n) is 14.1. The highest BCUT2D eigenvalue weighted by atomic mass is 28.3. The highest BCUT2D eigenvalue weighted by molar-refractivity contribution is 6.80. The zero-order valence-electron chi connectivity index (χ0n) is 20.8. The van der Waals surface area contributed by atoms with Gasteiger partial charge in [-0.2, -0.15) is 0 Å². The molecule has 4 saturated carbocycles. The lowest BCUT2D eigenvalue weighted by atomic mass is 9.87. The Hall–Kier alpha value is 0.354. The summed E-state index contributed by atoms with van der Waals surface area (Å²) in [6.45, 7) is 11.1. The predicted octanol–water partition coefficient (Wildman–Crippen LogP) is 7.49. The number of fused-ring (bicyclic) bond motifs is 4. The second-order valence-electron chi connectivity index (χ2n) is 14.3. The monoisotopic (exact) mass is 460 g/mol. The van der Waals surface area contributed by atoms with Gasteiger partial charge in [0.05, 0.1) is 40.6 Å². The summed E-state index contributed by atoms with van der Waals surface area (Å²) in [5, 5.41) is 0. The van der Waals surface area contributed by atoms with Crippen molar-refractivity contribution in [3.05, 3.63) is 0 Å². The van der Waals surface area contributed by atoms with Crippen LogP contribution in [0.4, 0.5) is 0 Å². The van der Waals surface area contributed by atoms with E-state index in [1.807, 2.05) is 0 Å². The molecule has 6 aliphatic rings.